The van der Waals surface area contributed by atoms with Crippen LogP contribution in [0.15, 0.2) is 53.6 Å². The number of ether oxygens (including phenoxy) is 1. The van der Waals surface area contributed by atoms with Gasteiger partial charge in [-0.05, 0) is 75.4 Å². The summed E-state index contributed by atoms with van der Waals surface area (Å²) in [6.07, 6.45) is 4.17. The first kappa shape index (κ1) is 26.2. The van der Waals surface area contributed by atoms with Gasteiger partial charge in [-0.15, -0.1) is 0 Å². The van der Waals surface area contributed by atoms with Gasteiger partial charge in [0.1, 0.15) is 0 Å². The van der Waals surface area contributed by atoms with E-state index in [1.807, 2.05) is 32.0 Å². The Balaban J connectivity index is 1.69. The first-order chi connectivity index (χ1) is 17.3. The van der Waals surface area contributed by atoms with Crippen LogP contribution < -0.4 is 5.32 Å². The zero-order valence-electron chi connectivity index (χ0n) is 21.1. The summed E-state index contributed by atoms with van der Waals surface area (Å²) >= 11 is 0. The molecule has 1 saturated heterocycles. The van der Waals surface area contributed by atoms with Crippen LogP contribution in [0.25, 0.3) is 22.3 Å². The summed E-state index contributed by atoms with van der Waals surface area (Å²) in [7, 11) is -3.67. The topological polar surface area (TPSA) is 101 Å². The van der Waals surface area contributed by atoms with Crippen molar-refractivity contribution in [3.63, 3.8) is 0 Å². The molecule has 1 aliphatic heterocycles. The van der Waals surface area contributed by atoms with E-state index in [-0.39, 0.29) is 16.9 Å². The summed E-state index contributed by atoms with van der Waals surface area (Å²) in [5.74, 6) is 0.231. The molecule has 0 aliphatic carbocycles. The lowest BCUT2D eigenvalue weighted by Crippen LogP contribution is -2.37. The number of benzene rings is 1. The van der Waals surface area contributed by atoms with Crippen LogP contribution in [0.5, 0.6) is 0 Å². The summed E-state index contributed by atoms with van der Waals surface area (Å²) in [5, 5.41) is 3.44. The molecule has 1 aliphatic rings. The molecule has 0 saturated carbocycles. The maximum Gasteiger partial charge on any atom is 0.252 e. The highest BCUT2D eigenvalue weighted by molar-refractivity contribution is 7.89. The van der Waals surface area contributed by atoms with Gasteiger partial charge in [-0.1, -0.05) is 13.0 Å². The van der Waals surface area contributed by atoms with Crippen molar-refractivity contribution in [2.24, 2.45) is 5.92 Å². The number of carbonyl (C=O) groups excluding carboxylic acids is 1. The fourth-order valence-electron chi connectivity index (χ4n) is 4.26. The Morgan fingerprint density at radius 3 is 2.61 bits per heavy atom. The fraction of sp³-hybridized carbons (Fsp3) is 0.444. The minimum absolute atomic E-state index is 0.134. The van der Waals surface area contributed by atoms with E-state index in [0.717, 1.165) is 12.8 Å². The smallest absolute Gasteiger partial charge is 0.252 e. The monoisotopic (exact) mass is 510 g/mol. The number of sulfonamides is 1. The van der Waals surface area contributed by atoms with Crippen LogP contribution in [0.2, 0.25) is 0 Å². The molecule has 1 N–H and O–H groups in total. The molecule has 192 valence electrons. The minimum atomic E-state index is -3.67. The van der Waals surface area contributed by atoms with Gasteiger partial charge in [0.05, 0.1) is 33.5 Å². The average Bonchev–Trinajstić information content (AvgIpc) is 2.88. The van der Waals surface area contributed by atoms with Crippen molar-refractivity contribution in [3.8, 4) is 11.4 Å². The summed E-state index contributed by atoms with van der Waals surface area (Å²) in [6.45, 7) is 8.08. The van der Waals surface area contributed by atoms with E-state index in [0.29, 0.717) is 66.4 Å². The Kier molecular flexibility index (Phi) is 8.33. The van der Waals surface area contributed by atoms with E-state index in [1.165, 1.54) is 0 Å². The molecular formula is C27H34N4O4S. The molecule has 8 nitrogen and oxygen atoms in total. The van der Waals surface area contributed by atoms with Gasteiger partial charge in [0, 0.05) is 37.8 Å². The molecule has 2 aromatic heterocycles. The Morgan fingerprint density at radius 2 is 1.92 bits per heavy atom. The van der Waals surface area contributed by atoms with E-state index in [1.54, 1.807) is 34.8 Å². The molecule has 3 heterocycles. The van der Waals surface area contributed by atoms with Gasteiger partial charge in [0.15, 0.2) is 0 Å². The third-order valence-electron chi connectivity index (χ3n) is 6.39. The zero-order chi connectivity index (χ0) is 25.7. The molecule has 0 bridgehead atoms. The van der Waals surface area contributed by atoms with Crippen LogP contribution >= 0.6 is 0 Å². The quantitative estimate of drug-likeness (QED) is 0.432. The molecule has 0 spiro atoms. The Labute approximate surface area is 213 Å². The molecule has 0 atom stereocenters. The van der Waals surface area contributed by atoms with Gasteiger partial charge in [-0.25, -0.2) is 13.4 Å². The molecule has 1 amide bonds. The normalized spacial score (nSPS) is 15.4. The number of piperidine rings is 1. The van der Waals surface area contributed by atoms with Gasteiger partial charge < -0.3 is 10.1 Å². The van der Waals surface area contributed by atoms with E-state index in [9.17, 15) is 13.2 Å². The van der Waals surface area contributed by atoms with Crippen molar-refractivity contribution < 1.29 is 17.9 Å². The van der Waals surface area contributed by atoms with Crippen LogP contribution in [0, 0.1) is 5.92 Å². The number of aromatic nitrogens is 2. The largest absolute Gasteiger partial charge is 0.379 e. The standard InChI is InChI=1S/C27H34N4O4S/c1-19(2)35-16-6-13-29-27(32)23-18-26(25-7-4-5-12-28-25)30-24-9-8-21(17-22(23)24)36(33,34)31-14-10-20(3)11-15-31/h4-5,7-9,12,17-20H,6,10-11,13-16H2,1-3H3,(H,29,32). The highest BCUT2D eigenvalue weighted by Crippen LogP contribution is 2.29. The molecular weight excluding hydrogens is 476 g/mol. The van der Waals surface area contributed by atoms with Crippen LogP contribution in [-0.4, -0.2) is 60.9 Å². The third kappa shape index (κ3) is 6.08. The second-order valence-electron chi connectivity index (χ2n) is 9.56. The first-order valence-corrected chi connectivity index (χ1v) is 14.0. The second kappa shape index (κ2) is 11.5. The number of nitrogens with one attached hydrogen (secondary N) is 1. The van der Waals surface area contributed by atoms with Crippen molar-refractivity contribution >= 4 is 26.8 Å². The predicted octanol–water partition coefficient (Wildman–Crippen LogP) is 4.26. The van der Waals surface area contributed by atoms with Crippen molar-refractivity contribution in [1.29, 1.82) is 0 Å². The summed E-state index contributed by atoms with van der Waals surface area (Å²) in [4.78, 5) is 22.5. The van der Waals surface area contributed by atoms with Crippen molar-refractivity contribution in [1.82, 2.24) is 19.6 Å². The van der Waals surface area contributed by atoms with E-state index < -0.39 is 10.0 Å². The molecule has 3 aromatic rings. The molecule has 1 aromatic carbocycles. The molecule has 36 heavy (non-hydrogen) atoms. The van der Waals surface area contributed by atoms with E-state index in [4.69, 9.17) is 9.72 Å². The van der Waals surface area contributed by atoms with Crippen LogP contribution in [0.3, 0.4) is 0 Å². The Hall–Kier alpha value is -2.88. The molecule has 9 heteroatoms. The number of hydrogen-bond acceptors (Lipinski definition) is 6. The number of rotatable bonds is 9. The SMILES string of the molecule is CC1CCN(S(=O)(=O)c2ccc3nc(-c4ccccn4)cc(C(=O)NCCCOC(C)C)c3c2)CC1. The highest BCUT2D eigenvalue weighted by atomic mass is 32.2. The van der Waals surface area contributed by atoms with Gasteiger partial charge >= 0.3 is 0 Å². The predicted molar refractivity (Wildman–Crippen MR) is 140 cm³/mol. The average molecular weight is 511 g/mol. The van der Waals surface area contributed by atoms with Crippen LogP contribution in [0.4, 0.5) is 0 Å². The summed E-state index contributed by atoms with van der Waals surface area (Å²) < 4.78 is 33.9. The number of pyridine rings is 2. The lowest BCUT2D eigenvalue weighted by Gasteiger charge is -2.29. The van der Waals surface area contributed by atoms with E-state index >= 15 is 0 Å². The third-order valence-corrected chi connectivity index (χ3v) is 8.28. The van der Waals surface area contributed by atoms with Gasteiger partial charge in [0.25, 0.3) is 5.91 Å². The summed E-state index contributed by atoms with van der Waals surface area (Å²) in [5.41, 5.74) is 2.10. The second-order valence-corrected chi connectivity index (χ2v) is 11.5. The highest BCUT2D eigenvalue weighted by Gasteiger charge is 2.29. The maximum atomic E-state index is 13.4. The van der Waals surface area contributed by atoms with Gasteiger partial charge in [-0.3, -0.25) is 9.78 Å². The first-order valence-electron chi connectivity index (χ1n) is 12.5. The minimum Gasteiger partial charge on any atom is -0.379 e. The molecule has 4 rings (SSSR count). The molecule has 0 unspecified atom stereocenters. The number of amides is 1. The van der Waals surface area contributed by atoms with Crippen molar-refractivity contribution in [2.45, 2.75) is 51.0 Å². The van der Waals surface area contributed by atoms with Crippen LogP contribution in [0.1, 0.15) is 50.4 Å². The number of carbonyl (C=O) groups is 1. The van der Waals surface area contributed by atoms with Gasteiger partial charge in [0.2, 0.25) is 10.0 Å². The van der Waals surface area contributed by atoms with E-state index in [2.05, 4.69) is 17.2 Å². The summed E-state index contributed by atoms with van der Waals surface area (Å²) in [6, 6.07) is 12.0. The lowest BCUT2D eigenvalue weighted by atomic mass is 10.0. The number of nitrogens with zero attached hydrogens (tertiary/aromatic N) is 3. The van der Waals surface area contributed by atoms with Crippen molar-refractivity contribution in [2.75, 3.05) is 26.2 Å². The van der Waals surface area contributed by atoms with Crippen molar-refractivity contribution in [3.05, 3.63) is 54.2 Å². The lowest BCUT2D eigenvalue weighted by molar-refractivity contribution is 0.0757. The van der Waals surface area contributed by atoms with Gasteiger partial charge in [-0.2, -0.15) is 4.31 Å². The number of hydrogen-bond donors (Lipinski definition) is 1. The Morgan fingerprint density at radius 1 is 1.14 bits per heavy atom. The Bertz CT molecular complexity index is 1300. The van der Waals surface area contributed by atoms with Crippen LogP contribution in [-0.2, 0) is 14.8 Å². The maximum absolute atomic E-state index is 13.4. The number of fused-ring (bicyclic) bond motifs is 1. The zero-order valence-corrected chi connectivity index (χ0v) is 21.9. The molecule has 0 radical (unpaired) electrons. The molecule has 1 fully saturated rings. The fourth-order valence-corrected chi connectivity index (χ4v) is 5.76.